The van der Waals surface area contributed by atoms with Gasteiger partial charge in [-0.2, -0.15) is 0 Å². The van der Waals surface area contributed by atoms with Crippen molar-refractivity contribution in [3.05, 3.63) is 24.3 Å². The zero-order valence-corrected chi connectivity index (χ0v) is 16.4. The Morgan fingerprint density at radius 2 is 1.77 bits per heavy atom. The first kappa shape index (κ1) is 20.2. The maximum Gasteiger partial charge on any atom is 0.233 e. The van der Waals surface area contributed by atoms with Gasteiger partial charge in [0, 0.05) is 37.6 Å². The summed E-state index contributed by atoms with van der Waals surface area (Å²) in [6, 6.07) is 7.14. The van der Waals surface area contributed by atoms with E-state index >= 15 is 0 Å². The molecule has 0 bridgehead atoms. The summed E-state index contributed by atoms with van der Waals surface area (Å²) < 4.78 is 23.1. The van der Waals surface area contributed by atoms with Crippen LogP contribution in [0, 0.1) is 0 Å². The molecule has 1 heterocycles. The molecule has 1 aromatic rings. The van der Waals surface area contributed by atoms with E-state index in [9.17, 15) is 18.0 Å². The molecular formula is C18H27N3O4S. The van der Waals surface area contributed by atoms with Crippen LogP contribution in [-0.4, -0.2) is 62.8 Å². The average Bonchev–Trinajstić information content (AvgIpc) is 2.96. The molecule has 0 aliphatic carbocycles. The number of carbonyl (C=O) groups excluding carboxylic acids is 2. The third-order valence-corrected chi connectivity index (χ3v) is 6.49. The lowest BCUT2D eigenvalue weighted by Crippen LogP contribution is -2.39. The molecule has 0 aromatic heterocycles. The van der Waals surface area contributed by atoms with Crippen LogP contribution in [0.2, 0.25) is 0 Å². The number of anilines is 2. The van der Waals surface area contributed by atoms with Gasteiger partial charge in [-0.25, -0.2) is 8.42 Å². The van der Waals surface area contributed by atoms with Gasteiger partial charge < -0.3 is 15.1 Å². The van der Waals surface area contributed by atoms with Crippen molar-refractivity contribution in [2.24, 2.45) is 0 Å². The first-order valence-electron chi connectivity index (χ1n) is 8.86. The molecule has 1 aromatic carbocycles. The van der Waals surface area contributed by atoms with Gasteiger partial charge in [0.15, 0.2) is 9.84 Å². The Bertz CT molecular complexity index is 742. The van der Waals surface area contributed by atoms with Crippen LogP contribution < -0.4 is 10.2 Å². The maximum absolute atomic E-state index is 12.2. The molecule has 7 nitrogen and oxygen atoms in total. The van der Waals surface area contributed by atoms with Gasteiger partial charge in [0.1, 0.15) is 6.42 Å². The van der Waals surface area contributed by atoms with E-state index in [0.717, 1.165) is 18.8 Å². The normalized spacial score (nSPS) is 18.3. The average molecular weight is 381 g/mol. The smallest absolute Gasteiger partial charge is 0.233 e. The molecule has 144 valence electrons. The Labute approximate surface area is 155 Å². The van der Waals surface area contributed by atoms with Crippen LogP contribution in [0.1, 0.15) is 26.7 Å². The van der Waals surface area contributed by atoms with Crippen molar-refractivity contribution >= 4 is 33.0 Å². The first-order valence-corrected chi connectivity index (χ1v) is 10.7. The van der Waals surface area contributed by atoms with Gasteiger partial charge in [0.25, 0.3) is 0 Å². The molecule has 26 heavy (non-hydrogen) atoms. The highest BCUT2D eigenvalue weighted by Gasteiger charge is 2.33. The van der Waals surface area contributed by atoms with Gasteiger partial charge in [-0.3, -0.25) is 9.59 Å². The number of hydrogen-bond donors (Lipinski definition) is 1. The number of sulfone groups is 1. The Kier molecular flexibility index (Phi) is 6.63. The van der Waals surface area contributed by atoms with Crippen molar-refractivity contribution in [2.75, 3.05) is 41.9 Å². The summed E-state index contributed by atoms with van der Waals surface area (Å²) >= 11 is 0. The standard InChI is InChI=1S/C18H27N3O4S/c1-4-21(5-2)15-8-6-14(7-9-15)19-17(22)12-18(23)20(3)16-10-11-26(24,25)13-16/h6-9,16H,4-5,10-13H2,1-3H3,(H,19,22). The van der Waals surface area contributed by atoms with Crippen LogP contribution in [0.5, 0.6) is 0 Å². The van der Waals surface area contributed by atoms with E-state index < -0.39 is 15.7 Å². The minimum absolute atomic E-state index is 0.0241. The Balaban J connectivity index is 1.89. The molecule has 1 N–H and O–H groups in total. The number of nitrogens with zero attached hydrogens (tertiary/aromatic N) is 2. The summed E-state index contributed by atoms with van der Waals surface area (Å²) in [7, 11) is -1.51. The van der Waals surface area contributed by atoms with Gasteiger partial charge in [-0.1, -0.05) is 0 Å². The van der Waals surface area contributed by atoms with Crippen LogP contribution in [0.4, 0.5) is 11.4 Å². The number of benzene rings is 1. The predicted molar refractivity (Wildman–Crippen MR) is 103 cm³/mol. The summed E-state index contributed by atoms with van der Waals surface area (Å²) in [5.74, 6) is -0.702. The molecule has 1 aliphatic heterocycles. The van der Waals surface area contributed by atoms with Crippen molar-refractivity contribution in [1.82, 2.24) is 4.90 Å². The molecule has 2 rings (SSSR count). The van der Waals surface area contributed by atoms with Crippen LogP contribution in [-0.2, 0) is 19.4 Å². The number of amides is 2. The molecule has 8 heteroatoms. The van der Waals surface area contributed by atoms with E-state index in [0.29, 0.717) is 12.1 Å². The van der Waals surface area contributed by atoms with Crippen molar-refractivity contribution in [1.29, 1.82) is 0 Å². The third-order valence-electron chi connectivity index (χ3n) is 4.74. The quantitative estimate of drug-likeness (QED) is 0.724. The summed E-state index contributed by atoms with van der Waals surface area (Å²) in [6.45, 7) is 5.97. The van der Waals surface area contributed by atoms with Crippen molar-refractivity contribution in [3.63, 3.8) is 0 Å². The lowest BCUT2D eigenvalue weighted by atomic mass is 10.2. The SMILES string of the molecule is CCN(CC)c1ccc(NC(=O)CC(=O)N(C)C2CCS(=O)(=O)C2)cc1. The van der Waals surface area contributed by atoms with Crippen molar-refractivity contribution < 1.29 is 18.0 Å². The minimum Gasteiger partial charge on any atom is -0.372 e. The van der Waals surface area contributed by atoms with Gasteiger partial charge in [0.05, 0.1) is 11.5 Å². The maximum atomic E-state index is 12.2. The molecule has 0 radical (unpaired) electrons. The predicted octanol–water partition coefficient (Wildman–Crippen LogP) is 1.51. The van der Waals surface area contributed by atoms with E-state index in [1.54, 1.807) is 7.05 Å². The molecular weight excluding hydrogens is 354 g/mol. The second-order valence-electron chi connectivity index (χ2n) is 6.51. The fourth-order valence-corrected chi connectivity index (χ4v) is 4.87. The first-order chi connectivity index (χ1) is 12.3. The van der Waals surface area contributed by atoms with Crippen LogP contribution in [0.25, 0.3) is 0 Å². The largest absolute Gasteiger partial charge is 0.372 e. The van der Waals surface area contributed by atoms with Crippen LogP contribution in [0.3, 0.4) is 0 Å². The second kappa shape index (κ2) is 8.53. The van der Waals surface area contributed by atoms with Crippen molar-refractivity contribution in [3.8, 4) is 0 Å². The summed E-state index contributed by atoms with van der Waals surface area (Å²) in [4.78, 5) is 27.9. The van der Waals surface area contributed by atoms with E-state index in [-0.39, 0.29) is 29.9 Å². The summed E-state index contributed by atoms with van der Waals surface area (Å²) in [6.07, 6.45) is 0.129. The highest BCUT2D eigenvalue weighted by molar-refractivity contribution is 7.91. The lowest BCUT2D eigenvalue weighted by Gasteiger charge is -2.23. The van der Waals surface area contributed by atoms with E-state index in [4.69, 9.17) is 0 Å². The molecule has 0 spiro atoms. The molecule has 1 unspecified atom stereocenters. The molecule has 2 amide bonds. The van der Waals surface area contributed by atoms with Gasteiger partial charge in [-0.15, -0.1) is 0 Å². The number of nitrogens with one attached hydrogen (secondary N) is 1. The summed E-state index contributed by atoms with van der Waals surface area (Å²) in [5, 5.41) is 2.71. The van der Waals surface area contributed by atoms with E-state index in [2.05, 4.69) is 24.1 Å². The fourth-order valence-electron chi connectivity index (χ4n) is 3.10. The Morgan fingerprint density at radius 3 is 2.27 bits per heavy atom. The van der Waals surface area contributed by atoms with Crippen molar-refractivity contribution in [2.45, 2.75) is 32.7 Å². The number of carbonyl (C=O) groups is 2. The van der Waals surface area contributed by atoms with Gasteiger partial charge >= 0.3 is 0 Å². The Hall–Kier alpha value is -2.09. The Morgan fingerprint density at radius 1 is 1.15 bits per heavy atom. The highest BCUT2D eigenvalue weighted by Crippen LogP contribution is 2.19. The molecule has 1 aliphatic rings. The van der Waals surface area contributed by atoms with E-state index in [1.165, 1.54) is 4.90 Å². The zero-order chi connectivity index (χ0) is 19.3. The number of hydrogen-bond acceptors (Lipinski definition) is 5. The summed E-state index contributed by atoms with van der Waals surface area (Å²) in [5.41, 5.74) is 1.70. The van der Waals surface area contributed by atoms with E-state index in [1.807, 2.05) is 24.3 Å². The van der Waals surface area contributed by atoms with Crippen LogP contribution in [0.15, 0.2) is 24.3 Å². The third kappa shape index (κ3) is 5.20. The molecule has 1 saturated heterocycles. The molecule has 1 fully saturated rings. The monoisotopic (exact) mass is 381 g/mol. The molecule has 0 saturated carbocycles. The second-order valence-corrected chi connectivity index (χ2v) is 8.73. The number of rotatable bonds is 7. The van der Waals surface area contributed by atoms with Gasteiger partial charge in [-0.05, 0) is 44.5 Å². The molecule has 1 atom stereocenters. The zero-order valence-electron chi connectivity index (χ0n) is 15.6. The highest BCUT2D eigenvalue weighted by atomic mass is 32.2. The minimum atomic E-state index is -3.07. The van der Waals surface area contributed by atoms with Crippen LogP contribution >= 0.6 is 0 Å². The van der Waals surface area contributed by atoms with Gasteiger partial charge in [0.2, 0.25) is 11.8 Å². The lowest BCUT2D eigenvalue weighted by molar-refractivity contribution is -0.134. The fraction of sp³-hybridized carbons (Fsp3) is 0.556. The topological polar surface area (TPSA) is 86.8 Å².